The number of rotatable bonds is 8. The van der Waals surface area contributed by atoms with E-state index in [1.165, 1.54) is 19.2 Å². The maximum absolute atomic E-state index is 13.6. The first kappa shape index (κ1) is 27.1. The molecule has 1 fully saturated rings. The van der Waals surface area contributed by atoms with Crippen LogP contribution >= 0.6 is 0 Å². The highest BCUT2D eigenvalue weighted by Crippen LogP contribution is 2.40. The molecule has 200 valence electrons. The molecular weight excluding hydrogens is 499 g/mol. The molecule has 2 heterocycles. The number of ketones is 1. The Balaban J connectivity index is 1.62. The zero-order valence-corrected chi connectivity index (χ0v) is 21.1. The van der Waals surface area contributed by atoms with Gasteiger partial charge < -0.3 is 14.1 Å². The van der Waals surface area contributed by atoms with Crippen LogP contribution < -0.4 is 0 Å². The SMILES string of the molecule is C=C(CC1CCCN(C(=O)OC)[C@@H]1c1ccc(F)cc1)C(=O)c1cc(-c2nnc(C(F)F)o2)ccc1CC. The number of aryl methyl sites for hydroxylation is 1. The van der Waals surface area contributed by atoms with Crippen LogP contribution in [0.25, 0.3) is 11.5 Å². The Morgan fingerprint density at radius 1 is 1.18 bits per heavy atom. The van der Waals surface area contributed by atoms with E-state index in [0.29, 0.717) is 36.1 Å². The molecule has 0 saturated carbocycles. The maximum Gasteiger partial charge on any atom is 0.410 e. The number of amides is 1. The number of halogens is 3. The molecule has 2 atom stereocenters. The van der Waals surface area contributed by atoms with Crippen LogP contribution in [0.5, 0.6) is 0 Å². The molecule has 0 bridgehead atoms. The van der Waals surface area contributed by atoms with E-state index in [1.807, 2.05) is 6.92 Å². The minimum atomic E-state index is -2.90. The highest BCUT2D eigenvalue weighted by molar-refractivity contribution is 6.09. The summed E-state index contributed by atoms with van der Waals surface area (Å²) in [4.78, 5) is 27.8. The summed E-state index contributed by atoms with van der Waals surface area (Å²) in [5.41, 5.74) is 2.54. The first-order valence-electron chi connectivity index (χ1n) is 12.3. The second-order valence-corrected chi connectivity index (χ2v) is 9.17. The van der Waals surface area contributed by atoms with Gasteiger partial charge in [-0.15, -0.1) is 10.2 Å². The molecule has 1 aromatic heterocycles. The van der Waals surface area contributed by atoms with Gasteiger partial charge in [0.1, 0.15) is 5.82 Å². The number of ether oxygens (including phenoxy) is 1. The summed E-state index contributed by atoms with van der Waals surface area (Å²) in [7, 11) is 1.31. The lowest BCUT2D eigenvalue weighted by molar-refractivity contribution is 0.0643. The fraction of sp³-hybridized carbons (Fsp3) is 0.357. The molecule has 1 aliphatic heterocycles. The van der Waals surface area contributed by atoms with Gasteiger partial charge in [-0.2, -0.15) is 8.78 Å². The van der Waals surface area contributed by atoms with Crippen LogP contribution in [-0.2, 0) is 11.2 Å². The fourth-order valence-corrected chi connectivity index (χ4v) is 4.99. The second kappa shape index (κ2) is 11.6. The topological polar surface area (TPSA) is 85.5 Å². The smallest absolute Gasteiger partial charge is 0.410 e. The number of aromatic nitrogens is 2. The van der Waals surface area contributed by atoms with Crippen molar-refractivity contribution in [1.29, 1.82) is 0 Å². The Morgan fingerprint density at radius 3 is 2.55 bits per heavy atom. The zero-order chi connectivity index (χ0) is 27.4. The first-order valence-corrected chi connectivity index (χ1v) is 12.3. The number of carbonyl (C=O) groups is 2. The van der Waals surface area contributed by atoms with E-state index in [0.717, 1.165) is 17.5 Å². The van der Waals surface area contributed by atoms with E-state index < -0.39 is 24.5 Å². The van der Waals surface area contributed by atoms with Crippen LogP contribution in [0.2, 0.25) is 0 Å². The van der Waals surface area contributed by atoms with E-state index in [2.05, 4.69) is 16.8 Å². The van der Waals surface area contributed by atoms with Gasteiger partial charge in [-0.05, 0) is 72.6 Å². The summed E-state index contributed by atoms with van der Waals surface area (Å²) >= 11 is 0. The van der Waals surface area contributed by atoms with Gasteiger partial charge in [0, 0.05) is 17.7 Å². The van der Waals surface area contributed by atoms with Crippen molar-refractivity contribution in [3.8, 4) is 11.5 Å². The average molecular weight is 528 g/mol. The molecule has 10 heteroatoms. The first-order chi connectivity index (χ1) is 18.2. The summed E-state index contributed by atoms with van der Waals surface area (Å²) < 4.78 is 49.5. The lowest BCUT2D eigenvalue weighted by Gasteiger charge is -2.41. The lowest BCUT2D eigenvalue weighted by atomic mass is 9.79. The number of allylic oxidation sites excluding steroid dienone is 1. The monoisotopic (exact) mass is 527 g/mol. The number of piperidine rings is 1. The van der Waals surface area contributed by atoms with Crippen molar-refractivity contribution >= 4 is 11.9 Å². The minimum Gasteiger partial charge on any atom is -0.453 e. The van der Waals surface area contributed by atoms with Crippen molar-refractivity contribution in [3.63, 3.8) is 0 Å². The molecule has 4 rings (SSSR count). The van der Waals surface area contributed by atoms with E-state index in [1.54, 1.807) is 35.2 Å². The number of carbonyl (C=O) groups excluding carboxylic acids is 2. The molecule has 3 aromatic rings. The molecule has 1 unspecified atom stereocenters. The third-order valence-electron chi connectivity index (χ3n) is 6.82. The summed E-state index contributed by atoms with van der Waals surface area (Å²) in [6, 6.07) is 10.4. The Labute approximate surface area is 218 Å². The van der Waals surface area contributed by atoms with Crippen LogP contribution in [0.3, 0.4) is 0 Å². The van der Waals surface area contributed by atoms with E-state index >= 15 is 0 Å². The Kier molecular flexibility index (Phi) is 8.29. The van der Waals surface area contributed by atoms with Gasteiger partial charge in [-0.3, -0.25) is 4.79 Å². The van der Waals surface area contributed by atoms with Crippen molar-refractivity contribution in [1.82, 2.24) is 15.1 Å². The molecule has 2 aromatic carbocycles. The van der Waals surface area contributed by atoms with Crippen molar-refractivity contribution in [3.05, 3.63) is 83.0 Å². The molecule has 0 aliphatic carbocycles. The molecule has 0 spiro atoms. The predicted octanol–water partition coefficient (Wildman–Crippen LogP) is 6.72. The van der Waals surface area contributed by atoms with Gasteiger partial charge in [0.2, 0.25) is 5.89 Å². The lowest BCUT2D eigenvalue weighted by Crippen LogP contribution is -2.43. The molecule has 1 aliphatic rings. The number of methoxy groups -OCH3 is 1. The third kappa shape index (κ3) is 5.64. The number of hydrogen-bond acceptors (Lipinski definition) is 6. The Morgan fingerprint density at radius 2 is 1.92 bits per heavy atom. The normalized spacial score (nSPS) is 17.5. The minimum absolute atomic E-state index is 0.111. The predicted molar refractivity (Wildman–Crippen MR) is 133 cm³/mol. The molecule has 7 nitrogen and oxygen atoms in total. The molecule has 0 radical (unpaired) electrons. The van der Waals surface area contributed by atoms with Crippen molar-refractivity contribution in [2.75, 3.05) is 13.7 Å². The van der Waals surface area contributed by atoms with Crippen LogP contribution in [0.1, 0.15) is 66.0 Å². The highest BCUT2D eigenvalue weighted by Gasteiger charge is 2.37. The second-order valence-electron chi connectivity index (χ2n) is 9.17. The van der Waals surface area contributed by atoms with Gasteiger partial charge in [-0.1, -0.05) is 31.7 Å². The van der Waals surface area contributed by atoms with Gasteiger partial charge >= 0.3 is 12.5 Å². The molecule has 1 amide bonds. The molecular formula is C28H28F3N3O4. The van der Waals surface area contributed by atoms with Gasteiger partial charge in [0.15, 0.2) is 5.78 Å². The summed E-state index contributed by atoms with van der Waals surface area (Å²) in [6.07, 6.45) is -1.12. The third-order valence-corrected chi connectivity index (χ3v) is 6.82. The number of nitrogens with zero attached hydrogens (tertiary/aromatic N) is 3. The Hall–Kier alpha value is -3.95. The molecule has 1 saturated heterocycles. The van der Waals surface area contributed by atoms with Gasteiger partial charge in [0.05, 0.1) is 13.2 Å². The molecule has 0 N–H and O–H groups in total. The highest BCUT2D eigenvalue weighted by atomic mass is 19.3. The Bertz CT molecular complexity index is 1320. The van der Waals surface area contributed by atoms with Crippen LogP contribution in [0.15, 0.2) is 59.0 Å². The number of Topliss-reactive ketones (excluding diaryl/α,β-unsaturated/α-hetero) is 1. The van der Waals surface area contributed by atoms with Crippen LogP contribution in [0.4, 0.5) is 18.0 Å². The van der Waals surface area contributed by atoms with Crippen LogP contribution in [-0.4, -0.2) is 40.6 Å². The maximum atomic E-state index is 13.6. The molecule has 38 heavy (non-hydrogen) atoms. The van der Waals surface area contributed by atoms with Crippen molar-refractivity contribution in [2.45, 2.75) is 45.1 Å². The standard InChI is InChI=1S/C28H28F3N3O4/c1-4-17-7-8-20(26-32-33-27(38-26)25(30)31)15-22(17)24(35)16(2)14-19-6-5-13-34(28(36)37-3)23(19)18-9-11-21(29)12-10-18/h7-12,15,19,23,25H,2,4-6,13-14H2,1,3H3/t19?,23-/m1/s1. The zero-order valence-electron chi connectivity index (χ0n) is 21.1. The summed E-state index contributed by atoms with van der Waals surface area (Å²) in [5.74, 6) is -1.76. The van der Waals surface area contributed by atoms with Gasteiger partial charge in [-0.25, -0.2) is 9.18 Å². The average Bonchev–Trinajstić information content (AvgIpc) is 3.43. The van der Waals surface area contributed by atoms with E-state index in [-0.39, 0.29) is 29.8 Å². The van der Waals surface area contributed by atoms with Crippen molar-refractivity contribution in [2.24, 2.45) is 5.92 Å². The number of benzene rings is 2. The quantitative estimate of drug-likeness (QED) is 0.239. The number of likely N-dealkylation sites (tertiary alicyclic amines) is 1. The van der Waals surface area contributed by atoms with E-state index in [4.69, 9.17) is 9.15 Å². The van der Waals surface area contributed by atoms with E-state index in [9.17, 15) is 22.8 Å². The largest absolute Gasteiger partial charge is 0.453 e. The van der Waals surface area contributed by atoms with Crippen LogP contribution in [0, 0.1) is 11.7 Å². The summed E-state index contributed by atoms with van der Waals surface area (Å²) in [5, 5.41) is 7.04. The number of hydrogen-bond donors (Lipinski definition) is 0. The van der Waals surface area contributed by atoms with Crippen molar-refractivity contribution < 1.29 is 31.9 Å². The fourth-order valence-electron chi connectivity index (χ4n) is 4.99. The van der Waals surface area contributed by atoms with Gasteiger partial charge in [0.25, 0.3) is 5.89 Å². The number of alkyl halides is 2. The summed E-state index contributed by atoms with van der Waals surface area (Å²) in [6.45, 7) is 6.44.